The van der Waals surface area contributed by atoms with Crippen LogP contribution in [-0.4, -0.2) is 34.8 Å². The Morgan fingerprint density at radius 2 is 1.29 bits per heavy atom. The van der Waals surface area contributed by atoms with Crippen LogP contribution in [0, 0.1) is 0 Å². The number of hydrogen-bond donors (Lipinski definition) is 0. The fourth-order valence-electron chi connectivity index (χ4n) is 0.937. The van der Waals surface area contributed by atoms with Gasteiger partial charge in [0.2, 0.25) is 0 Å². The number of ether oxygens (including phenoxy) is 2. The summed E-state index contributed by atoms with van der Waals surface area (Å²) in [7, 11) is 0. The highest BCUT2D eigenvalue weighted by atomic mass is 79.9. The van der Waals surface area contributed by atoms with Gasteiger partial charge in [-0.3, -0.25) is 9.59 Å². The van der Waals surface area contributed by atoms with Gasteiger partial charge in [0.05, 0.1) is 0 Å². The van der Waals surface area contributed by atoms with Crippen LogP contribution in [0.15, 0.2) is 0 Å². The fourth-order valence-corrected chi connectivity index (χ4v) is 1.20. The molecule has 0 aromatic heterocycles. The highest BCUT2D eigenvalue weighted by Gasteiger charge is 2.09. The van der Waals surface area contributed by atoms with Crippen LogP contribution < -0.4 is 0 Å². The van der Waals surface area contributed by atoms with Gasteiger partial charge in [-0.2, -0.15) is 0 Å². The zero-order chi connectivity index (χ0) is 13.3. The Morgan fingerprint density at radius 3 is 1.59 bits per heavy atom. The van der Waals surface area contributed by atoms with Crippen molar-refractivity contribution in [3.8, 4) is 0 Å². The largest absolute Gasteiger partial charge is 0.464 e. The van der Waals surface area contributed by atoms with E-state index in [1.807, 2.05) is 13.8 Å². The summed E-state index contributed by atoms with van der Waals surface area (Å²) in [5, 5.41) is 0. The van der Waals surface area contributed by atoms with E-state index in [1.165, 1.54) is 0 Å². The van der Waals surface area contributed by atoms with Crippen LogP contribution in [0.3, 0.4) is 0 Å². The van der Waals surface area contributed by atoms with Gasteiger partial charge in [-0.25, -0.2) is 0 Å². The van der Waals surface area contributed by atoms with Gasteiger partial charge in [-0.1, -0.05) is 31.9 Å². The normalized spacial score (nSPS) is 13.9. The van der Waals surface area contributed by atoms with Crippen LogP contribution in [0.25, 0.3) is 0 Å². The molecule has 2 atom stereocenters. The van der Waals surface area contributed by atoms with Crippen molar-refractivity contribution >= 4 is 43.8 Å². The first-order valence-corrected chi connectivity index (χ1v) is 7.34. The van der Waals surface area contributed by atoms with Crippen molar-refractivity contribution in [3.05, 3.63) is 0 Å². The van der Waals surface area contributed by atoms with E-state index in [-0.39, 0.29) is 34.4 Å². The molecule has 0 saturated carbocycles. The van der Waals surface area contributed by atoms with Gasteiger partial charge in [-0.05, 0) is 20.3 Å². The predicted octanol–water partition coefficient (Wildman–Crippen LogP) is 2.81. The number of carbonyl (C=O) groups is 2. The van der Waals surface area contributed by atoms with E-state index in [4.69, 9.17) is 9.47 Å². The summed E-state index contributed by atoms with van der Waals surface area (Å²) >= 11 is 6.55. The number of rotatable bonds is 8. The van der Waals surface area contributed by atoms with Crippen LogP contribution in [0.4, 0.5) is 0 Å². The number of alkyl halides is 2. The van der Waals surface area contributed by atoms with Crippen LogP contribution in [0.5, 0.6) is 0 Å². The Hall–Kier alpha value is -0.100. The van der Waals surface area contributed by atoms with Gasteiger partial charge in [0.25, 0.3) is 0 Å². The Bertz CT molecular complexity index is 218. The molecule has 0 N–H and O–H groups in total. The quantitative estimate of drug-likeness (QED) is 0.485. The Balaban J connectivity index is 3.49. The molecule has 0 aliphatic rings. The Morgan fingerprint density at radius 1 is 0.941 bits per heavy atom. The maximum atomic E-state index is 11.2. The second-order valence-electron chi connectivity index (χ2n) is 3.78. The lowest BCUT2D eigenvalue weighted by Gasteiger charge is -2.07. The van der Waals surface area contributed by atoms with Gasteiger partial charge in [0.1, 0.15) is 13.2 Å². The summed E-state index contributed by atoms with van der Waals surface area (Å²) in [5.74, 6) is -0.559. The number of halogens is 2. The maximum absolute atomic E-state index is 11.2. The summed E-state index contributed by atoms with van der Waals surface area (Å²) in [6, 6.07) is 0. The lowest BCUT2D eigenvalue weighted by molar-refractivity contribution is -0.145. The number of carbonyl (C=O) groups excluding carboxylic acids is 2. The third-order valence-corrected chi connectivity index (χ3v) is 2.24. The lowest BCUT2D eigenvalue weighted by Crippen LogP contribution is -2.13. The first kappa shape index (κ1) is 16.9. The number of hydrogen-bond acceptors (Lipinski definition) is 4. The Labute approximate surface area is 119 Å². The third kappa shape index (κ3) is 12.2. The highest BCUT2D eigenvalue weighted by Crippen LogP contribution is 2.04. The average Bonchev–Trinajstić information content (AvgIpc) is 2.23. The molecule has 17 heavy (non-hydrogen) atoms. The van der Waals surface area contributed by atoms with E-state index < -0.39 is 0 Å². The van der Waals surface area contributed by atoms with Crippen molar-refractivity contribution in [3.63, 3.8) is 0 Å². The van der Waals surface area contributed by atoms with Crippen molar-refractivity contribution in [2.75, 3.05) is 13.2 Å². The van der Waals surface area contributed by atoms with Crippen molar-refractivity contribution < 1.29 is 19.1 Å². The molecule has 0 aliphatic carbocycles. The van der Waals surface area contributed by atoms with E-state index >= 15 is 0 Å². The second kappa shape index (κ2) is 9.88. The first-order valence-electron chi connectivity index (χ1n) is 5.51. The second-order valence-corrected chi connectivity index (χ2v) is 6.91. The van der Waals surface area contributed by atoms with Crippen LogP contribution in [0.1, 0.15) is 33.1 Å². The fraction of sp³-hybridized carbons (Fsp3) is 0.818. The SMILES string of the molecule is CC(Br)COC(=O)CCCC(=O)OCC(C)Br. The first-order chi connectivity index (χ1) is 7.91. The minimum absolute atomic E-state index is 0.150. The van der Waals surface area contributed by atoms with Gasteiger partial charge in [0.15, 0.2) is 0 Å². The zero-order valence-corrected chi connectivity index (χ0v) is 13.3. The van der Waals surface area contributed by atoms with Crippen LogP contribution in [0.2, 0.25) is 0 Å². The molecule has 0 aromatic rings. The van der Waals surface area contributed by atoms with Crippen LogP contribution in [-0.2, 0) is 19.1 Å². The van der Waals surface area contributed by atoms with E-state index in [0.717, 1.165) is 0 Å². The van der Waals surface area contributed by atoms with Crippen molar-refractivity contribution in [2.45, 2.75) is 42.8 Å². The molecule has 0 aliphatic heterocycles. The maximum Gasteiger partial charge on any atom is 0.305 e. The summed E-state index contributed by atoms with van der Waals surface area (Å²) < 4.78 is 9.88. The molecular formula is C11H18Br2O4. The highest BCUT2D eigenvalue weighted by molar-refractivity contribution is 9.09. The molecule has 0 radical (unpaired) electrons. The molecule has 0 rings (SSSR count). The molecule has 100 valence electrons. The molecule has 0 heterocycles. The van der Waals surface area contributed by atoms with Crippen molar-refractivity contribution in [1.82, 2.24) is 0 Å². The molecule has 0 saturated heterocycles. The average molecular weight is 374 g/mol. The molecule has 0 fully saturated rings. The van der Waals surface area contributed by atoms with Gasteiger partial charge in [0, 0.05) is 22.5 Å². The zero-order valence-electron chi connectivity index (χ0n) is 10.1. The topological polar surface area (TPSA) is 52.6 Å². The molecule has 0 bridgehead atoms. The Kier molecular flexibility index (Phi) is 9.82. The predicted molar refractivity (Wildman–Crippen MR) is 72.5 cm³/mol. The summed E-state index contributed by atoms with van der Waals surface area (Å²) in [6.45, 7) is 4.49. The smallest absolute Gasteiger partial charge is 0.305 e. The van der Waals surface area contributed by atoms with E-state index in [2.05, 4.69) is 31.9 Å². The molecular weight excluding hydrogens is 356 g/mol. The van der Waals surface area contributed by atoms with Gasteiger partial charge in [-0.15, -0.1) is 0 Å². The standard InChI is InChI=1S/C11H18Br2O4/c1-8(12)6-16-10(14)4-3-5-11(15)17-7-9(2)13/h8-9H,3-7H2,1-2H3. The summed E-state index contributed by atoms with van der Waals surface area (Å²) in [6.07, 6.45) is 0.961. The molecule has 2 unspecified atom stereocenters. The van der Waals surface area contributed by atoms with E-state index in [9.17, 15) is 9.59 Å². The summed E-state index contributed by atoms with van der Waals surface area (Å²) in [4.78, 5) is 22.7. The third-order valence-electron chi connectivity index (χ3n) is 1.71. The molecule has 0 aromatic carbocycles. The van der Waals surface area contributed by atoms with Gasteiger partial charge < -0.3 is 9.47 Å². The van der Waals surface area contributed by atoms with E-state index in [0.29, 0.717) is 19.6 Å². The van der Waals surface area contributed by atoms with Gasteiger partial charge >= 0.3 is 11.9 Å². The summed E-state index contributed by atoms with van der Waals surface area (Å²) in [5.41, 5.74) is 0. The van der Waals surface area contributed by atoms with E-state index in [1.54, 1.807) is 0 Å². The molecule has 4 nitrogen and oxygen atoms in total. The van der Waals surface area contributed by atoms with Crippen molar-refractivity contribution in [2.24, 2.45) is 0 Å². The monoisotopic (exact) mass is 372 g/mol. The number of esters is 2. The minimum Gasteiger partial charge on any atom is -0.464 e. The molecule has 6 heteroatoms. The molecule has 0 amide bonds. The minimum atomic E-state index is -0.280. The van der Waals surface area contributed by atoms with Crippen LogP contribution >= 0.6 is 31.9 Å². The molecule has 0 spiro atoms. The van der Waals surface area contributed by atoms with Crippen molar-refractivity contribution in [1.29, 1.82) is 0 Å². The lowest BCUT2D eigenvalue weighted by atomic mass is 10.2.